The number of nitrogens with zero attached hydrogens (tertiary/aromatic N) is 3. The van der Waals surface area contributed by atoms with Gasteiger partial charge in [-0.25, -0.2) is 17.2 Å². The summed E-state index contributed by atoms with van der Waals surface area (Å²) in [4.78, 5) is 2.30. The zero-order valence-corrected chi connectivity index (χ0v) is 16.2. The normalized spacial score (nSPS) is 32.2. The molecule has 0 spiro atoms. The average molecular weight is 408 g/mol. The van der Waals surface area contributed by atoms with Crippen LogP contribution in [0.2, 0.25) is 0 Å². The fraction of sp³-hybridized carbons (Fsp3) is 0.526. The molecule has 0 saturated heterocycles. The highest BCUT2D eigenvalue weighted by molar-refractivity contribution is 7.89. The summed E-state index contributed by atoms with van der Waals surface area (Å²) in [5.74, 6) is -0.318. The van der Waals surface area contributed by atoms with Crippen LogP contribution in [-0.2, 0) is 23.1 Å². The summed E-state index contributed by atoms with van der Waals surface area (Å²) in [6.07, 6.45) is 4.38. The second-order valence-corrected chi connectivity index (χ2v) is 10.2. The molecule has 0 unspecified atom stereocenters. The van der Waals surface area contributed by atoms with Gasteiger partial charge in [0.2, 0.25) is 0 Å². The van der Waals surface area contributed by atoms with E-state index in [1.165, 1.54) is 12.1 Å². The van der Waals surface area contributed by atoms with Crippen molar-refractivity contribution in [2.75, 3.05) is 6.26 Å². The van der Waals surface area contributed by atoms with Gasteiger partial charge < -0.3 is 5.73 Å². The Hall–Kier alpha value is -1.84. The maximum absolute atomic E-state index is 14.3. The van der Waals surface area contributed by atoms with Crippen molar-refractivity contribution in [3.8, 4) is 0 Å². The monoisotopic (exact) mass is 408 g/mol. The molecule has 5 atom stereocenters. The summed E-state index contributed by atoms with van der Waals surface area (Å²) < 4.78 is 52.3. The minimum Gasteiger partial charge on any atom is -0.327 e. The van der Waals surface area contributed by atoms with Gasteiger partial charge in [-0.2, -0.15) is 9.19 Å². The highest BCUT2D eigenvalue weighted by Gasteiger charge is 2.56. The minimum atomic E-state index is -3.38. The van der Waals surface area contributed by atoms with Crippen molar-refractivity contribution >= 4 is 10.0 Å². The van der Waals surface area contributed by atoms with E-state index in [4.69, 9.17) is 5.73 Å². The van der Waals surface area contributed by atoms with Crippen molar-refractivity contribution in [3.05, 3.63) is 52.9 Å². The molecule has 2 aromatic rings. The molecule has 1 aromatic heterocycles. The third-order valence-corrected chi connectivity index (χ3v) is 7.40. The quantitative estimate of drug-likeness (QED) is 0.838. The number of benzene rings is 1. The number of aromatic nitrogens is 2. The van der Waals surface area contributed by atoms with Gasteiger partial charge in [0, 0.05) is 42.9 Å². The van der Waals surface area contributed by atoms with Crippen molar-refractivity contribution in [1.82, 2.24) is 14.1 Å². The van der Waals surface area contributed by atoms with Gasteiger partial charge >= 0.3 is 0 Å². The highest BCUT2D eigenvalue weighted by atomic mass is 32.2. The van der Waals surface area contributed by atoms with E-state index in [2.05, 4.69) is 10.00 Å². The van der Waals surface area contributed by atoms with Crippen molar-refractivity contribution in [1.29, 1.82) is 0 Å². The van der Waals surface area contributed by atoms with Gasteiger partial charge in [0.25, 0.3) is 10.0 Å². The minimum absolute atomic E-state index is 0.156. The number of rotatable bonds is 3. The maximum atomic E-state index is 14.3. The van der Waals surface area contributed by atoms with Crippen LogP contribution in [0.4, 0.5) is 8.78 Å². The van der Waals surface area contributed by atoms with E-state index in [0.717, 1.165) is 34.1 Å². The first-order valence-electron chi connectivity index (χ1n) is 9.45. The van der Waals surface area contributed by atoms with E-state index in [0.29, 0.717) is 31.0 Å². The SMILES string of the molecule is CS(=O)(=O)n1cc2c(n1)CN([C@@H]1C[C@H](N)[C@@H](c3cc(F)ccc3F)[C@@H]3C[C@@H]31)C2. The number of fused-ring (bicyclic) bond motifs is 2. The Morgan fingerprint density at radius 3 is 2.68 bits per heavy atom. The third-order valence-electron chi connectivity index (χ3n) is 6.53. The van der Waals surface area contributed by atoms with E-state index in [9.17, 15) is 17.2 Å². The van der Waals surface area contributed by atoms with Crippen molar-refractivity contribution < 1.29 is 17.2 Å². The molecule has 6 nitrogen and oxygen atoms in total. The number of hydrogen-bond acceptors (Lipinski definition) is 5. The van der Waals surface area contributed by atoms with Gasteiger partial charge in [-0.3, -0.25) is 4.90 Å². The fourth-order valence-corrected chi connectivity index (χ4v) is 5.78. The standard InChI is InChI=1S/C19H22F2N4O2S/c1-28(26,27)25-8-10-7-24(9-17(10)23-25)18-6-16(22)19(13-5-12(13)18)14-4-11(20)2-3-15(14)21/h2-4,8,12-13,16,18-19H,5-7,9,22H2,1H3/t12-,13+,16-,18+,19+/m0/s1. The second-order valence-electron chi connectivity index (χ2n) is 8.36. The lowest BCUT2D eigenvalue weighted by atomic mass is 9.77. The summed E-state index contributed by atoms with van der Waals surface area (Å²) in [5.41, 5.74) is 8.56. The summed E-state index contributed by atoms with van der Waals surface area (Å²) in [6, 6.07) is 3.62. The Labute approximate surface area is 162 Å². The summed E-state index contributed by atoms with van der Waals surface area (Å²) >= 11 is 0. The van der Waals surface area contributed by atoms with Crippen LogP contribution in [0, 0.1) is 23.5 Å². The molecular formula is C19H22F2N4O2S. The lowest BCUT2D eigenvalue weighted by Crippen LogP contribution is -2.45. The van der Waals surface area contributed by atoms with Crippen LogP contribution in [0.5, 0.6) is 0 Å². The molecule has 9 heteroatoms. The molecule has 150 valence electrons. The molecule has 28 heavy (non-hydrogen) atoms. The van der Waals surface area contributed by atoms with E-state index >= 15 is 0 Å². The van der Waals surface area contributed by atoms with E-state index in [1.54, 1.807) is 6.20 Å². The van der Waals surface area contributed by atoms with Crippen LogP contribution < -0.4 is 5.73 Å². The summed E-state index contributed by atoms with van der Waals surface area (Å²) in [5, 5.41) is 4.21. The zero-order valence-electron chi connectivity index (χ0n) is 15.4. The van der Waals surface area contributed by atoms with Crippen molar-refractivity contribution in [3.63, 3.8) is 0 Å². The lowest BCUT2D eigenvalue weighted by Gasteiger charge is -2.38. The zero-order chi connectivity index (χ0) is 19.8. The molecule has 0 radical (unpaired) electrons. The predicted molar refractivity (Wildman–Crippen MR) is 98.8 cm³/mol. The first kappa shape index (κ1) is 18.2. The Bertz CT molecular complexity index is 1030. The topological polar surface area (TPSA) is 81.2 Å². The smallest absolute Gasteiger partial charge is 0.250 e. The van der Waals surface area contributed by atoms with Crippen molar-refractivity contribution in [2.45, 2.75) is 43.9 Å². The number of hydrogen-bond donors (Lipinski definition) is 1. The Balaban J connectivity index is 1.34. The first-order chi connectivity index (χ1) is 13.2. The maximum Gasteiger partial charge on any atom is 0.250 e. The average Bonchev–Trinajstić information content (AvgIpc) is 3.11. The first-order valence-corrected chi connectivity index (χ1v) is 11.3. The van der Waals surface area contributed by atoms with Crippen molar-refractivity contribution in [2.24, 2.45) is 17.6 Å². The Kier molecular flexibility index (Phi) is 3.95. The van der Waals surface area contributed by atoms with Crippen LogP contribution in [0.1, 0.15) is 35.6 Å². The molecule has 5 rings (SSSR count). The largest absolute Gasteiger partial charge is 0.327 e. The molecule has 2 fully saturated rings. The molecule has 3 aliphatic rings. The summed E-state index contributed by atoms with van der Waals surface area (Å²) in [7, 11) is -3.38. The Morgan fingerprint density at radius 1 is 1.18 bits per heavy atom. The fourth-order valence-electron chi connectivity index (χ4n) is 5.22. The molecule has 2 saturated carbocycles. The molecular weight excluding hydrogens is 386 g/mol. The van der Waals surface area contributed by atoms with Gasteiger partial charge in [0.15, 0.2) is 0 Å². The van der Waals surface area contributed by atoms with E-state index in [1.807, 2.05) is 0 Å². The predicted octanol–water partition coefficient (Wildman–Crippen LogP) is 1.80. The van der Waals surface area contributed by atoms with Gasteiger partial charge in [-0.15, -0.1) is 0 Å². The van der Waals surface area contributed by atoms with Crippen LogP contribution >= 0.6 is 0 Å². The molecule has 2 heterocycles. The van der Waals surface area contributed by atoms with E-state index in [-0.39, 0.29) is 29.7 Å². The third kappa shape index (κ3) is 2.87. The molecule has 2 aliphatic carbocycles. The molecule has 1 aromatic carbocycles. The Morgan fingerprint density at radius 2 is 1.96 bits per heavy atom. The second kappa shape index (κ2) is 6.08. The van der Waals surface area contributed by atoms with Crippen LogP contribution in [0.3, 0.4) is 0 Å². The number of halogens is 2. The highest BCUT2D eigenvalue weighted by Crippen LogP contribution is 2.58. The van der Waals surface area contributed by atoms with Gasteiger partial charge in [-0.05, 0) is 48.4 Å². The van der Waals surface area contributed by atoms with Crippen LogP contribution in [-0.4, -0.2) is 40.8 Å². The number of nitrogens with two attached hydrogens (primary N) is 1. The lowest BCUT2D eigenvalue weighted by molar-refractivity contribution is 0.125. The van der Waals surface area contributed by atoms with Crippen LogP contribution in [0.25, 0.3) is 0 Å². The molecule has 0 amide bonds. The molecule has 2 N–H and O–H groups in total. The van der Waals surface area contributed by atoms with Crippen LogP contribution in [0.15, 0.2) is 24.4 Å². The summed E-state index contributed by atoms with van der Waals surface area (Å²) in [6.45, 7) is 1.24. The van der Waals surface area contributed by atoms with Gasteiger partial charge in [-0.1, -0.05) is 0 Å². The molecule has 0 bridgehead atoms. The van der Waals surface area contributed by atoms with Gasteiger partial charge in [0.05, 0.1) is 11.9 Å². The molecule has 1 aliphatic heterocycles. The van der Waals surface area contributed by atoms with Gasteiger partial charge in [0.1, 0.15) is 11.6 Å². The van der Waals surface area contributed by atoms with E-state index < -0.39 is 15.8 Å².